The van der Waals surface area contributed by atoms with Gasteiger partial charge in [0.1, 0.15) is 29.5 Å². The van der Waals surface area contributed by atoms with Gasteiger partial charge in [0.15, 0.2) is 11.6 Å². The van der Waals surface area contributed by atoms with Crippen molar-refractivity contribution < 1.29 is 41.3 Å². The van der Waals surface area contributed by atoms with Crippen LogP contribution in [0, 0.1) is 17.6 Å². The molecule has 0 aliphatic heterocycles. The zero-order chi connectivity index (χ0) is 28.6. The Morgan fingerprint density at radius 2 is 1.90 bits per heavy atom. The minimum absolute atomic E-state index is 0.0245. The van der Waals surface area contributed by atoms with E-state index in [0.717, 1.165) is 18.6 Å². The normalized spacial score (nSPS) is 17.8. The van der Waals surface area contributed by atoms with Gasteiger partial charge >= 0.3 is 12.3 Å². The predicted octanol–water partition coefficient (Wildman–Crippen LogP) is 5.93. The summed E-state index contributed by atoms with van der Waals surface area (Å²) < 4.78 is 81.2. The Bertz CT molecular complexity index is 1550. The van der Waals surface area contributed by atoms with Crippen molar-refractivity contribution in [2.75, 3.05) is 0 Å². The first-order valence-corrected chi connectivity index (χ1v) is 12.6. The molecule has 0 saturated heterocycles. The number of carboxylic acids is 1. The topological polar surface area (TPSA) is 91.4 Å². The summed E-state index contributed by atoms with van der Waals surface area (Å²) in [6.07, 6.45) is -0.960. The van der Waals surface area contributed by atoms with E-state index in [9.17, 15) is 27.5 Å². The molecule has 0 spiro atoms. The number of aromatic nitrogens is 4. The lowest BCUT2D eigenvalue weighted by molar-refractivity contribution is -0.274. The van der Waals surface area contributed by atoms with Crippen molar-refractivity contribution in [1.29, 1.82) is 0 Å². The molecule has 4 aromatic rings. The minimum atomic E-state index is -5.00. The van der Waals surface area contributed by atoms with Crippen LogP contribution in [0.25, 0.3) is 11.0 Å². The van der Waals surface area contributed by atoms with Gasteiger partial charge in [0.25, 0.3) is 0 Å². The second kappa shape index (κ2) is 10.8. The first kappa shape index (κ1) is 27.4. The van der Waals surface area contributed by atoms with E-state index in [-0.39, 0.29) is 41.3 Å². The molecular weight excluding hydrogens is 539 g/mol. The first-order valence-electron chi connectivity index (χ1n) is 12.6. The number of carboxylic acid groups (broad SMARTS) is 1. The highest BCUT2D eigenvalue weighted by Crippen LogP contribution is 2.40. The fourth-order valence-corrected chi connectivity index (χ4v) is 5.19. The molecular formula is C27H25F5N4O4. The molecule has 2 aromatic carbocycles. The van der Waals surface area contributed by atoms with Crippen LogP contribution in [0.4, 0.5) is 22.0 Å². The zero-order valence-electron chi connectivity index (χ0n) is 21.3. The fraction of sp³-hybridized carbons (Fsp3) is 0.370. The third-order valence-corrected chi connectivity index (χ3v) is 6.99. The van der Waals surface area contributed by atoms with Gasteiger partial charge in [0.05, 0.1) is 23.7 Å². The van der Waals surface area contributed by atoms with E-state index in [1.54, 1.807) is 24.0 Å². The molecule has 1 aliphatic rings. The third kappa shape index (κ3) is 5.73. The second-order valence-corrected chi connectivity index (χ2v) is 9.71. The van der Waals surface area contributed by atoms with E-state index >= 15 is 4.39 Å². The molecule has 2 atom stereocenters. The van der Waals surface area contributed by atoms with Crippen molar-refractivity contribution in [3.8, 4) is 11.5 Å². The van der Waals surface area contributed by atoms with E-state index < -0.39 is 41.6 Å². The van der Waals surface area contributed by atoms with Crippen LogP contribution in [0.5, 0.6) is 11.5 Å². The number of rotatable bonds is 8. The first-order chi connectivity index (χ1) is 19.0. The molecule has 8 nitrogen and oxygen atoms in total. The fourth-order valence-electron chi connectivity index (χ4n) is 5.19. The Balaban J connectivity index is 1.58. The molecule has 2 aromatic heterocycles. The number of benzene rings is 2. The molecule has 1 saturated carbocycles. The molecule has 0 unspecified atom stereocenters. The molecule has 0 radical (unpaired) electrons. The Morgan fingerprint density at radius 3 is 2.58 bits per heavy atom. The summed E-state index contributed by atoms with van der Waals surface area (Å²) in [4.78, 5) is 16.6. The number of hydrogen-bond donors (Lipinski definition) is 1. The highest BCUT2D eigenvalue weighted by atomic mass is 19.4. The summed E-state index contributed by atoms with van der Waals surface area (Å²) in [5.41, 5.74) is 0.686. The molecule has 212 valence electrons. The van der Waals surface area contributed by atoms with Gasteiger partial charge < -0.3 is 19.1 Å². The average molecular weight is 565 g/mol. The van der Waals surface area contributed by atoms with Gasteiger partial charge in [-0.2, -0.15) is 5.10 Å². The van der Waals surface area contributed by atoms with Crippen LogP contribution in [0.2, 0.25) is 0 Å². The number of aryl methyl sites for hydroxylation is 1. The summed E-state index contributed by atoms with van der Waals surface area (Å²) >= 11 is 0. The van der Waals surface area contributed by atoms with E-state index in [1.807, 2.05) is 0 Å². The van der Waals surface area contributed by atoms with Gasteiger partial charge in [0, 0.05) is 30.8 Å². The molecule has 1 fully saturated rings. The van der Waals surface area contributed by atoms with Crippen molar-refractivity contribution in [3.05, 3.63) is 71.3 Å². The lowest BCUT2D eigenvalue weighted by Gasteiger charge is -2.28. The number of alkyl halides is 3. The van der Waals surface area contributed by atoms with Crippen LogP contribution in [0.3, 0.4) is 0 Å². The van der Waals surface area contributed by atoms with Crippen molar-refractivity contribution in [2.45, 2.75) is 51.1 Å². The maximum absolute atomic E-state index is 16.0. The summed E-state index contributed by atoms with van der Waals surface area (Å²) in [5, 5.41) is 14.1. The monoisotopic (exact) mass is 564 g/mol. The Hall–Kier alpha value is -4.16. The van der Waals surface area contributed by atoms with Gasteiger partial charge in [-0.3, -0.25) is 9.48 Å². The molecule has 13 heteroatoms. The quantitative estimate of drug-likeness (QED) is 0.267. The van der Waals surface area contributed by atoms with Crippen LogP contribution >= 0.6 is 0 Å². The number of ether oxygens (including phenoxy) is 2. The largest absolute Gasteiger partial charge is 0.573 e. The van der Waals surface area contributed by atoms with E-state index in [1.165, 1.54) is 16.7 Å². The number of halogens is 5. The molecule has 1 N–H and O–H groups in total. The van der Waals surface area contributed by atoms with Gasteiger partial charge in [-0.15, -0.1) is 13.2 Å². The zero-order valence-corrected chi connectivity index (χ0v) is 21.3. The summed E-state index contributed by atoms with van der Waals surface area (Å²) in [6, 6.07) is 7.31. The molecule has 1 aliphatic carbocycles. The van der Waals surface area contributed by atoms with E-state index in [0.29, 0.717) is 31.0 Å². The van der Waals surface area contributed by atoms with Crippen LogP contribution in [0.1, 0.15) is 48.7 Å². The van der Waals surface area contributed by atoms with Gasteiger partial charge in [0.2, 0.25) is 0 Å². The van der Waals surface area contributed by atoms with Crippen LogP contribution < -0.4 is 9.47 Å². The third-order valence-electron chi connectivity index (χ3n) is 6.99. The van der Waals surface area contributed by atoms with Gasteiger partial charge in [-0.1, -0.05) is 18.9 Å². The number of nitrogens with zero attached hydrogens (tertiary/aromatic N) is 4. The van der Waals surface area contributed by atoms with Crippen LogP contribution in [-0.2, 0) is 25.0 Å². The number of aliphatic carboxylic acids is 1. The summed E-state index contributed by atoms with van der Waals surface area (Å²) in [6.45, 7) is -0.337. The van der Waals surface area contributed by atoms with Crippen LogP contribution in [0.15, 0.2) is 42.6 Å². The van der Waals surface area contributed by atoms with Crippen molar-refractivity contribution in [1.82, 2.24) is 19.3 Å². The summed E-state index contributed by atoms with van der Waals surface area (Å²) in [5.74, 6) is -4.74. The number of fused-ring (bicyclic) bond motifs is 1. The van der Waals surface area contributed by atoms with Gasteiger partial charge in [-0.25, -0.2) is 13.8 Å². The standard InChI is InChI=1S/C27H25F5N4O4/c1-35-11-10-16(34-35)14-39-22-9-8-21-24(23(22)29)36(25(33-21)18-4-2-3-5-19(18)26(37)38)13-15-6-7-17(12-20(15)28)40-27(30,31)32/h6-12,18-19H,2-5,13-14H2,1H3,(H,37,38)/t18-,19+/m1/s1. The molecule has 5 rings (SSSR count). The summed E-state index contributed by atoms with van der Waals surface area (Å²) in [7, 11) is 1.73. The van der Waals surface area contributed by atoms with Crippen molar-refractivity contribution >= 4 is 17.0 Å². The second-order valence-electron chi connectivity index (χ2n) is 9.71. The number of hydrogen-bond acceptors (Lipinski definition) is 5. The Labute approximate surface area is 224 Å². The lowest BCUT2D eigenvalue weighted by atomic mass is 9.78. The average Bonchev–Trinajstić information content (AvgIpc) is 3.47. The maximum Gasteiger partial charge on any atom is 0.573 e. The maximum atomic E-state index is 16.0. The van der Waals surface area contributed by atoms with Gasteiger partial charge in [-0.05, 0) is 37.1 Å². The molecule has 40 heavy (non-hydrogen) atoms. The Morgan fingerprint density at radius 1 is 1.12 bits per heavy atom. The molecule has 0 amide bonds. The van der Waals surface area contributed by atoms with E-state index in [2.05, 4.69) is 14.8 Å². The highest BCUT2D eigenvalue weighted by Gasteiger charge is 2.36. The predicted molar refractivity (Wildman–Crippen MR) is 132 cm³/mol. The number of carbonyl (C=O) groups is 1. The van der Waals surface area contributed by atoms with Crippen molar-refractivity contribution in [3.63, 3.8) is 0 Å². The number of imidazole rings is 1. The molecule has 2 heterocycles. The highest BCUT2D eigenvalue weighted by molar-refractivity contribution is 5.79. The SMILES string of the molecule is Cn1ccc(COc2ccc3nc([C@@H]4CCCC[C@@H]4C(=O)O)n(Cc4ccc(OC(F)(F)F)cc4F)c3c2F)n1. The lowest BCUT2D eigenvalue weighted by Crippen LogP contribution is -2.28. The molecule has 0 bridgehead atoms. The van der Waals surface area contributed by atoms with Crippen LogP contribution in [-0.4, -0.2) is 36.8 Å². The minimum Gasteiger partial charge on any atom is -0.484 e. The van der Waals surface area contributed by atoms with Crippen molar-refractivity contribution in [2.24, 2.45) is 13.0 Å². The van der Waals surface area contributed by atoms with E-state index in [4.69, 9.17) is 4.74 Å². The smallest absolute Gasteiger partial charge is 0.484 e. The Kier molecular flexibility index (Phi) is 7.39.